The van der Waals surface area contributed by atoms with Crippen LogP contribution in [0.5, 0.6) is 5.75 Å². The summed E-state index contributed by atoms with van der Waals surface area (Å²) in [4.78, 5) is 39.5. The van der Waals surface area contributed by atoms with E-state index in [2.05, 4.69) is 10.6 Å². The Kier molecular flexibility index (Phi) is 5.04. The Hall–Kier alpha value is -3.87. The van der Waals surface area contributed by atoms with Crippen LogP contribution in [-0.2, 0) is 28.0 Å². The van der Waals surface area contributed by atoms with Crippen molar-refractivity contribution in [2.45, 2.75) is 31.7 Å². The number of nitrogens with one attached hydrogen (secondary N) is 2. The maximum atomic E-state index is 13.3. The van der Waals surface area contributed by atoms with Crippen LogP contribution in [-0.4, -0.2) is 36.4 Å². The zero-order chi connectivity index (χ0) is 23.2. The molecule has 3 aromatic carbocycles. The summed E-state index contributed by atoms with van der Waals surface area (Å²) in [6, 6.07) is 16.5. The van der Waals surface area contributed by atoms with Crippen LogP contribution in [0.3, 0.4) is 0 Å². The van der Waals surface area contributed by atoms with Crippen LogP contribution >= 0.6 is 0 Å². The van der Waals surface area contributed by atoms with Gasteiger partial charge in [0.1, 0.15) is 17.8 Å². The molecule has 4 amide bonds. The number of carbonyl (C=O) groups is 3. The molecule has 0 saturated carbocycles. The zero-order valence-corrected chi connectivity index (χ0v) is 18.6. The summed E-state index contributed by atoms with van der Waals surface area (Å²) in [5.74, 6) is -0.122. The maximum Gasteiger partial charge on any atom is 0.325 e. The van der Waals surface area contributed by atoms with E-state index in [1.807, 2.05) is 54.6 Å². The average Bonchev–Trinajstić information content (AvgIpc) is 3.36. The van der Waals surface area contributed by atoms with E-state index in [4.69, 9.17) is 4.74 Å². The molecule has 0 spiro atoms. The molecule has 0 unspecified atom stereocenters. The number of amides is 4. The highest BCUT2D eigenvalue weighted by molar-refractivity contribution is 6.10. The predicted molar refractivity (Wildman–Crippen MR) is 125 cm³/mol. The molecule has 1 aliphatic heterocycles. The van der Waals surface area contributed by atoms with Crippen molar-refractivity contribution >= 4 is 34.3 Å². The van der Waals surface area contributed by atoms with Gasteiger partial charge in [0.15, 0.2) is 0 Å². The van der Waals surface area contributed by atoms with E-state index < -0.39 is 23.4 Å². The number of aryl methyl sites for hydroxylation is 2. The monoisotopic (exact) mass is 443 g/mol. The summed E-state index contributed by atoms with van der Waals surface area (Å²) in [6.45, 7) is 1.32. The third-order valence-electron chi connectivity index (χ3n) is 6.58. The van der Waals surface area contributed by atoms with Crippen molar-refractivity contribution in [3.8, 4) is 5.75 Å². The van der Waals surface area contributed by atoms with Crippen LogP contribution in [0.4, 0.5) is 10.5 Å². The van der Waals surface area contributed by atoms with Gasteiger partial charge in [0.05, 0.1) is 7.11 Å². The number of carbonyl (C=O) groups excluding carboxylic acids is 3. The van der Waals surface area contributed by atoms with Crippen molar-refractivity contribution in [1.29, 1.82) is 0 Å². The van der Waals surface area contributed by atoms with Gasteiger partial charge in [-0.15, -0.1) is 0 Å². The fourth-order valence-electron chi connectivity index (χ4n) is 4.69. The van der Waals surface area contributed by atoms with Crippen molar-refractivity contribution in [2.24, 2.45) is 0 Å². The molecule has 1 atom stereocenters. The minimum atomic E-state index is -1.25. The summed E-state index contributed by atoms with van der Waals surface area (Å²) in [5.41, 5.74) is 2.63. The van der Waals surface area contributed by atoms with E-state index in [0.717, 1.165) is 40.7 Å². The van der Waals surface area contributed by atoms with Crippen molar-refractivity contribution in [3.63, 3.8) is 0 Å². The second-order valence-electron chi connectivity index (χ2n) is 8.76. The van der Waals surface area contributed by atoms with Crippen LogP contribution in [0.1, 0.15) is 30.0 Å². The molecule has 0 aromatic heterocycles. The quantitative estimate of drug-likeness (QED) is 0.588. The number of benzene rings is 3. The Morgan fingerprint density at radius 1 is 1.03 bits per heavy atom. The minimum Gasteiger partial charge on any atom is -0.497 e. The number of hydrogen-bond acceptors (Lipinski definition) is 4. The van der Waals surface area contributed by atoms with Crippen LogP contribution in [0.25, 0.3) is 10.8 Å². The number of fused-ring (bicyclic) bond motifs is 2. The number of nitrogens with zero attached hydrogens (tertiary/aromatic N) is 1. The molecule has 1 aliphatic carbocycles. The number of anilines is 1. The van der Waals surface area contributed by atoms with Crippen molar-refractivity contribution in [1.82, 2.24) is 10.2 Å². The largest absolute Gasteiger partial charge is 0.497 e. The first-order valence-electron chi connectivity index (χ1n) is 11.0. The molecule has 168 valence electrons. The lowest BCUT2D eigenvalue weighted by Crippen LogP contribution is -2.42. The Morgan fingerprint density at radius 2 is 1.79 bits per heavy atom. The first-order chi connectivity index (χ1) is 15.9. The highest BCUT2D eigenvalue weighted by Crippen LogP contribution is 2.32. The van der Waals surface area contributed by atoms with Gasteiger partial charge < -0.3 is 15.4 Å². The van der Waals surface area contributed by atoms with Gasteiger partial charge >= 0.3 is 6.03 Å². The van der Waals surface area contributed by atoms with Crippen LogP contribution in [0.2, 0.25) is 0 Å². The molecule has 1 fully saturated rings. The SMILES string of the molecule is COc1ccc2cc([C@]3(C)NC(=O)N(CC(=O)Nc4ccc5c(c4)CCC5)C3=O)ccc2c1. The molecule has 1 saturated heterocycles. The van der Waals surface area contributed by atoms with Crippen molar-refractivity contribution in [2.75, 3.05) is 19.0 Å². The van der Waals surface area contributed by atoms with E-state index >= 15 is 0 Å². The first kappa shape index (κ1) is 21.0. The highest BCUT2D eigenvalue weighted by atomic mass is 16.5. The summed E-state index contributed by atoms with van der Waals surface area (Å²) in [7, 11) is 1.61. The van der Waals surface area contributed by atoms with Gasteiger partial charge in [0, 0.05) is 5.69 Å². The number of ether oxygens (including phenoxy) is 1. The summed E-state index contributed by atoms with van der Waals surface area (Å²) in [5, 5.41) is 7.47. The Balaban J connectivity index is 1.33. The molecular weight excluding hydrogens is 418 g/mol. The summed E-state index contributed by atoms with van der Waals surface area (Å²) < 4.78 is 5.26. The molecule has 5 rings (SSSR count). The van der Waals surface area contributed by atoms with Gasteiger partial charge in [-0.05, 0) is 84.0 Å². The lowest BCUT2D eigenvalue weighted by atomic mass is 9.90. The van der Waals surface area contributed by atoms with Crippen LogP contribution in [0.15, 0.2) is 54.6 Å². The van der Waals surface area contributed by atoms with Gasteiger partial charge in [-0.2, -0.15) is 0 Å². The van der Waals surface area contributed by atoms with Crippen molar-refractivity contribution < 1.29 is 19.1 Å². The molecular formula is C26H25N3O4. The van der Waals surface area contributed by atoms with E-state index in [1.165, 1.54) is 11.1 Å². The number of methoxy groups -OCH3 is 1. The summed E-state index contributed by atoms with van der Waals surface area (Å²) >= 11 is 0. The van der Waals surface area contributed by atoms with E-state index in [9.17, 15) is 14.4 Å². The number of hydrogen-bond donors (Lipinski definition) is 2. The van der Waals surface area contributed by atoms with Gasteiger partial charge in [0.25, 0.3) is 5.91 Å². The van der Waals surface area contributed by atoms with E-state index in [0.29, 0.717) is 11.3 Å². The maximum absolute atomic E-state index is 13.3. The zero-order valence-electron chi connectivity index (χ0n) is 18.6. The molecule has 0 bridgehead atoms. The number of urea groups is 1. The average molecular weight is 444 g/mol. The third-order valence-corrected chi connectivity index (χ3v) is 6.58. The Bertz CT molecular complexity index is 1300. The lowest BCUT2D eigenvalue weighted by molar-refractivity contribution is -0.133. The topological polar surface area (TPSA) is 87.7 Å². The third kappa shape index (κ3) is 3.69. The fraction of sp³-hybridized carbons (Fsp3) is 0.269. The second-order valence-corrected chi connectivity index (χ2v) is 8.76. The molecule has 2 N–H and O–H groups in total. The number of imide groups is 1. The van der Waals surface area contributed by atoms with Gasteiger partial charge in [-0.3, -0.25) is 14.5 Å². The molecule has 2 aliphatic rings. The lowest BCUT2D eigenvalue weighted by Gasteiger charge is -2.22. The van der Waals surface area contributed by atoms with Crippen molar-refractivity contribution in [3.05, 3.63) is 71.3 Å². The van der Waals surface area contributed by atoms with Gasteiger partial charge in [-0.25, -0.2) is 4.79 Å². The smallest absolute Gasteiger partial charge is 0.325 e. The Labute approximate surface area is 191 Å². The van der Waals surface area contributed by atoms with E-state index in [-0.39, 0.29) is 6.54 Å². The second kappa shape index (κ2) is 7.92. The minimum absolute atomic E-state index is 0.345. The molecule has 1 heterocycles. The van der Waals surface area contributed by atoms with Crippen LogP contribution < -0.4 is 15.4 Å². The van der Waals surface area contributed by atoms with Gasteiger partial charge in [0.2, 0.25) is 5.91 Å². The standard InChI is InChI=1S/C26H25N3O4/c1-26(20-9-6-19-14-22(33-2)11-8-18(19)12-20)24(31)29(25(32)28-26)15-23(30)27-21-10-7-16-4-3-5-17(16)13-21/h6-14H,3-5,15H2,1-2H3,(H,27,30)(H,28,32)/t26-/m0/s1. The van der Waals surface area contributed by atoms with Crippen LogP contribution in [0, 0.1) is 0 Å². The van der Waals surface area contributed by atoms with E-state index in [1.54, 1.807) is 14.0 Å². The fourth-order valence-corrected chi connectivity index (χ4v) is 4.69. The highest BCUT2D eigenvalue weighted by Gasteiger charge is 2.49. The predicted octanol–water partition coefficient (Wildman–Crippen LogP) is 3.74. The summed E-state index contributed by atoms with van der Waals surface area (Å²) in [6.07, 6.45) is 3.19. The molecule has 0 radical (unpaired) electrons. The molecule has 7 nitrogen and oxygen atoms in total. The Morgan fingerprint density at radius 3 is 2.61 bits per heavy atom. The molecule has 3 aromatic rings. The molecule has 33 heavy (non-hydrogen) atoms. The number of rotatable bonds is 5. The molecule has 7 heteroatoms. The van der Waals surface area contributed by atoms with Gasteiger partial charge in [-0.1, -0.05) is 24.3 Å². The first-order valence-corrected chi connectivity index (χ1v) is 11.0. The normalized spacial score (nSPS) is 19.5.